The van der Waals surface area contributed by atoms with E-state index in [1.807, 2.05) is 41.9 Å². The summed E-state index contributed by atoms with van der Waals surface area (Å²) in [5.41, 5.74) is 0.939. The Bertz CT molecular complexity index is 745. The summed E-state index contributed by atoms with van der Waals surface area (Å²) in [6.07, 6.45) is 1.84. The van der Waals surface area contributed by atoms with E-state index in [0.717, 1.165) is 23.7 Å². The minimum atomic E-state index is 0.0280. The molecule has 1 saturated heterocycles. The Balaban J connectivity index is 1.43. The number of hydrogen-bond donors (Lipinski definition) is 0. The fourth-order valence-electron chi connectivity index (χ4n) is 2.60. The molecule has 0 unspecified atom stereocenters. The third kappa shape index (κ3) is 3.31. The van der Waals surface area contributed by atoms with Crippen LogP contribution in [0.5, 0.6) is 0 Å². The topological polar surface area (TPSA) is 64.3 Å². The molecule has 118 valence electrons. The summed E-state index contributed by atoms with van der Waals surface area (Å²) in [5, 5.41) is 11.3. The van der Waals surface area contributed by atoms with E-state index in [1.165, 1.54) is 0 Å². The molecule has 0 N–H and O–H groups in total. The van der Waals surface area contributed by atoms with Crippen molar-refractivity contribution in [2.75, 3.05) is 19.7 Å². The highest BCUT2D eigenvalue weighted by Gasteiger charge is 2.25. The molecule has 1 aliphatic rings. The number of nitrogens with zero attached hydrogens (tertiary/aromatic N) is 4. The molecule has 0 aliphatic carbocycles. The lowest BCUT2D eigenvalue weighted by Crippen LogP contribution is -2.37. The third-order valence-electron chi connectivity index (χ3n) is 3.72. The number of hydrogen-bond acceptors (Lipinski definition) is 7. The lowest BCUT2D eigenvalue weighted by atomic mass is 10.2. The predicted octanol–water partition coefficient (Wildman–Crippen LogP) is 2.77. The molecule has 1 aliphatic heterocycles. The Morgan fingerprint density at radius 1 is 1.22 bits per heavy atom. The maximum absolute atomic E-state index is 5.80. The zero-order valence-corrected chi connectivity index (χ0v) is 13.3. The van der Waals surface area contributed by atoms with Crippen molar-refractivity contribution in [1.82, 2.24) is 20.1 Å². The third-order valence-corrected chi connectivity index (χ3v) is 4.59. The molecule has 1 atom stereocenters. The average molecular weight is 328 g/mol. The Hall–Kier alpha value is -2.09. The van der Waals surface area contributed by atoms with E-state index < -0.39 is 0 Å². The molecule has 0 amide bonds. The normalized spacial score (nSPS) is 19.0. The van der Waals surface area contributed by atoms with Crippen LogP contribution in [0.1, 0.15) is 17.0 Å². The van der Waals surface area contributed by atoms with E-state index in [0.29, 0.717) is 24.9 Å². The highest BCUT2D eigenvalue weighted by atomic mass is 32.1. The fraction of sp³-hybridized carbons (Fsp3) is 0.312. The van der Waals surface area contributed by atoms with Crippen LogP contribution >= 0.6 is 11.3 Å². The Morgan fingerprint density at radius 3 is 2.96 bits per heavy atom. The number of aromatic nitrogens is 3. The minimum absolute atomic E-state index is 0.0280. The molecule has 23 heavy (non-hydrogen) atoms. The molecule has 3 aromatic rings. The van der Waals surface area contributed by atoms with Crippen molar-refractivity contribution < 1.29 is 9.15 Å². The van der Waals surface area contributed by atoms with Gasteiger partial charge >= 0.3 is 0 Å². The molecule has 0 radical (unpaired) electrons. The zero-order valence-electron chi connectivity index (χ0n) is 12.5. The Kier molecular flexibility index (Phi) is 4.14. The number of thiazole rings is 1. The SMILES string of the molecule is c1ccc(-c2nnc(CN3CCO[C@H](c4nccs4)C3)o2)cc1. The molecule has 4 rings (SSSR count). The van der Waals surface area contributed by atoms with Crippen LogP contribution in [0, 0.1) is 0 Å². The van der Waals surface area contributed by atoms with Crippen LogP contribution in [0.4, 0.5) is 0 Å². The van der Waals surface area contributed by atoms with Crippen LogP contribution in [0.3, 0.4) is 0 Å². The van der Waals surface area contributed by atoms with Gasteiger partial charge in [-0.05, 0) is 12.1 Å². The van der Waals surface area contributed by atoms with Crippen molar-refractivity contribution in [2.24, 2.45) is 0 Å². The molecule has 7 heteroatoms. The molecular weight excluding hydrogens is 312 g/mol. The van der Waals surface area contributed by atoms with E-state index in [9.17, 15) is 0 Å². The van der Waals surface area contributed by atoms with Crippen LogP contribution in [0.2, 0.25) is 0 Å². The van der Waals surface area contributed by atoms with E-state index in [1.54, 1.807) is 11.3 Å². The molecule has 0 spiro atoms. The first-order chi connectivity index (χ1) is 11.4. The minimum Gasteiger partial charge on any atom is -0.419 e. The molecule has 1 aromatic carbocycles. The summed E-state index contributed by atoms with van der Waals surface area (Å²) in [4.78, 5) is 6.60. The number of morpholine rings is 1. The van der Waals surface area contributed by atoms with Gasteiger partial charge in [0.25, 0.3) is 0 Å². The molecule has 1 fully saturated rings. The van der Waals surface area contributed by atoms with Gasteiger partial charge in [-0.1, -0.05) is 18.2 Å². The standard InChI is InChI=1S/C16H16N4O2S/c1-2-4-12(5-3-1)15-19-18-14(22-15)11-20-7-8-21-13(10-20)16-17-6-9-23-16/h1-6,9,13H,7-8,10-11H2/t13-/m0/s1. The lowest BCUT2D eigenvalue weighted by molar-refractivity contribution is -0.0352. The van der Waals surface area contributed by atoms with E-state index in [-0.39, 0.29) is 6.10 Å². The smallest absolute Gasteiger partial charge is 0.247 e. The first kappa shape index (κ1) is 14.5. The quantitative estimate of drug-likeness (QED) is 0.734. The van der Waals surface area contributed by atoms with Gasteiger partial charge in [0.1, 0.15) is 11.1 Å². The monoisotopic (exact) mass is 328 g/mol. The van der Waals surface area contributed by atoms with E-state index in [4.69, 9.17) is 9.15 Å². The van der Waals surface area contributed by atoms with Crippen molar-refractivity contribution in [3.05, 3.63) is 52.8 Å². The van der Waals surface area contributed by atoms with Crippen LogP contribution < -0.4 is 0 Å². The molecule has 0 saturated carbocycles. The second-order valence-corrected chi connectivity index (χ2v) is 6.26. The Morgan fingerprint density at radius 2 is 2.13 bits per heavy atom. The maximum Gasteiger partial charge on any atom is 0.247 e. The molecule has 3 heterocycles. The zero-order chi connectivity index (χ0) is 15.5. The lowest BCUT2D eigenvalue weighted by Gasteiger charge is -2.30. The summed E-state index contributed by atoms with van der Waals surface area (Å²) in [7, 11) is 0. The Labute approximate surface area is 137 Å². The largest absolute Gasteiger partial charge is 0.419 e. The van der Waals surface area contributed by atoms with Crippen molar-refractivity contribution in [2.45, 2.75) is 12.6 Å². The van der Waals surface area contributed by atoms with Gasteiger partial charge in [-0.15, -0.1) is 21.5 Å². The highest BCUT2D eigenvalue weighted by molar-refractivity contribution is 7.09. The first-order valence-electron chi connectivity index (χ1n) is 7.49. The van der Waals surface area contributed by atoms with Crippen molar-refractivity contribution in [3.63, 3.8) is 0 Å². The van der Waals surface area contributed by atoms with E-state index in [2.05, 4.69) is 20.1 Å². The molecule has 6 nitrogen and oxygen atoms in total. The van der Waals surface area contributed by atoms with Crippen LogP contribution in [-0.4, -0.2) is 39.8 Å². The van der Waals surface area contributed by atoms with E-state index >= 15 is 0 Å². The van der Waals surface area contributed by atoms with Gasteiger partial charge < -0.3 is 9.15 Å². The van der Waals surface area contributed by atoms with Gasteiger partial charge in [0.2, 0.25) is 11.8 Å². The average Bonchev–Trinajstić information content (AvgIpc) is 3.28. The summed E-state index contributed by atoms with van der Waals surface area (Å²) in [6, 6.07) is 9.81. The second kappa shape index (κ2) is 6.57. The van der Waals surface area contributed by atoms with Crippen LogP contribution in [0.25, 0.3) is 11.5 Å². The van der Waals surface area contributed by atoms with Gasteiger partial charge in [-0.3, -0.25) is 4.90 Å². The molecule has 0 bridgehead atoms. The van der Waals surface area contributed by atoms with Gasteiger partial charge in [0, 0.05) is 30.2 Å². The van der Waals surface area contributed by atoms with Crippen molar-refractivity contribution in [3.8, 4) is 11.5 Å². The molecule has 2 aromatic heterocycles. The first-order valence-corrected chi connectivity index (χ1v) is 8.37. The maximum atomic E-state index is 5.80. The number of ether oxygens (including phenoxy) is 1. The number of benzene rings is 1. The highest BCUT2D eigenvalue weighted by Crippen LogP contribution is 2.25. The van der Waals surface area contributed by atoms with Crippen molar-refractivity contribution >= 4 is 11.3 Å². The van der Waals surface area contributed by atoms with Crippen LogP contribution in [-0.2, 0) is 11.3 Å². The van der Waals surface area contributed by atoms with Gasteiger partial charge in [-0.2, -0.15) is 0 Å². The second-order valence-electron chi connectivity index (χ2n) is 5.33. The summed E-state index contributed by atoms with van der Waals surface area (Å²) in [6.45, 7) is 2.95. The predicted molar refractivity (Wildman–Crippen MR) is 85.8 cm³/mol. The summed E-state index contributed by atoms with van der Waals surface area (Å²) >= 11 is 1.62. The summed E-state index contributed by atoms with van der Waals surface area (Å²) < 4.78 is 11.6. The summed E-state index contributed by atoms with van der Waals surface area (Å²) in [5.74, 6) is 1.19. The van der Waals surface area contributed by atoms with Gasteiger partial charge in [0.15, 0.2) is 0 Å². The number of rotatable bonds is 4. The van der Waals surface area contributed by atoms with Crippen molar-refractivity contribution in [1.29, 1.82) is 0 Å². The van der Waals surface area contributed by atoms with Crippen LogP contribution in [0.15, 0.2) is 46.3 Å². The molecular formula is C16H16N4O2S. The van der Waals surface area contributed by atoms with Gasteiger partial charge in [-0.25, -0.2) is 4.98 Å². The van der Waals surface area contributed by atoms with Gasteiger partial charge in [0.05, 0.1) is 13.2 Å². The fourth-order valence-corrected chi connectivity index (χ4v) is 3.27.